The van der Waals surface area contributed by atoms with Crippen LogP contribution in [0.5, 0.6) is 5.75 Å². The topological polar surface area (TPSA) is 321 Å². The highest BCUT2D eigenvalue weighted by molar-refractivity contribution is 5.98. The number of carbonyl (C=O) groups is 7. The Hall–Kier alpha value is -8.07. The molecule has 372 valence electrons. The van der Waals surface area contributed by atoms with Crippen LogP contribution in [0.1, 0.15) is 35.1 Å². The molecule has 1 aliphatic rings. The maximum Gasteiger partial charge on any atom is 0.326 e. The number of nitrogens with two attached hydrogens (primary N) is 1. The van der Waals surface area contributed by atoms with E-state index in [0.717, 1.165) is 21.8 Å². The van der Waals surface area contributed by atoms with Crippen molar-refractivity contribution in [1.82, 2.24) is 41.5 Å². The second-order valence-corrected chi connectivity index (χ2v) is 17.5. The summed E-state index contributed by atoms with van der Waals surface area (Å²) in [6.07, 6.45) is 3.58. The fraction of sp³-hybridized carbons (Fsp3) is 0.314. The molecule has 20 heteroatoms. The van der Waals surface area contributed by atoms with Gasteiger partial charge in [-0.15, -0.1) is 0 Å². The zero-order valence-electron chi connectivity index (χ0n) is 38.5. The highest BCUT2D eigenvalue weighted by atomic mass is 16.4. The summed E-state index contributed by atoms with van der Waals surface area (Å²) in [4.78, 5) is 104. The summed E-state index contributed by atoms with van der Waals surface area (Å²) in [5.74, 6) is -6.27. The number of hydrogen-bond acceptors (Lipinski definition) is 11. The molecule has 3 heterocycles. The van der Waals surface area contributed by atoms with Gasteiger partial charge in [-0.1, -0.05) is 78.9 Å². The number of aromatic nitrogens is 2. The van der Waals surface area contributed by atoms with E-state index in [4.69, 9.17) is 5.73 Å². The van der Waals surface area contributed by atoms with Crippen LogP contribution < -0.4 is 32.3 Å². The first-order chi connectivity index (χ1) is 34.2. The molecule has 71 heavy (non-hydrogen) atoms. The number of nitrogens with zero attached hydrogens (tertiary/aromatic N) is 1. The predicted octanol–water partition coefficient (Wildman–Crippen LogP) is 0.437. The maximum atomic E-state index is 14.5. The Balaban J connectivity index is 1.14. The fourth-order valence-corrected chi connectivity index (χ4v) is 8.72. The van der Waals surface area contributed by atoms with Gasteiger partial charge in [0, 0.05) is 66.4 Å². The predicted molar refractivity (Wildman–Crippen MR) is 260 cm³/mol. The van der Waals surface area contributed by atoms with Crippen molar-refractivity contribution in [3.05, 3.63) is 138 Å². The van der Waals surface area contributed by atoms with E-state index in [9.17, 15) is 54.0 Å². The number of carbonyl (C=O) groups excluding carboxylic acids is 6. The van der Waals surface area contributed by atoms with E-state index in [1.807, 2.05) is 42.5 Å². The molecular formula is C51H57N9O11. The summed E-state index contributed by atoms with van der Waals surface area (Å²) in [5.41, 5.74) is 9.72. The number of para-hydroxylation sites is 2. The van der Waals surface area contributed by atoms with E-state index in [2.05, 4.69) is 36.6 Å². The molecule has 1 saturated heterocycles. The standard InChI is InChI=1S/C51H57N9O11/c52-36(27-61)45(64)55-40(23-31-25-53-37-13-6-4-11-34(31)37)47(66)57-41(24-32-26-54-38-14-7-5-12-35(32)38)48(67)59-43(28-62)49(68)56-39(21-29-9-2-1-3-10-29)46(65)58-42(22-30-16-18-33(63)19-17-30)50(69)60-20-8-15-44(60)51(70)71/h1-7,9-14,16-19,25-26,36,39-44,53-54,61-63H,8,15,20-24,27-28,52H2,(H,55,64)(H,56,68)(H,57,66)(H,58,65)(H,59,67)(H,70,71). The molecule has 7 atom stereocenters. The molecule has 6 aromatic rings. The summed E-state index contributed by atoms with van der Waals surface area (Å²) >= 11 is 0. The smallest absolute Gasteiger partial charge is 0.326 e. The number of likely N-dealkylation sites (tertiary alicyclic amines) is 1. The van der Waals surface area contributed by atoms with Crippen LogP contribution in [0, 0.1) is 0 Å². The van der Waals surface area contributed by atoms with Crippen molar-refractivity contribution < 1.29 is 54.0 Å². The van der Waals surface area contributed by atoms with E-state index in [-0.39, 0.29) is 44.4 Å². The van der Waals surface area contributed by atoms with Crippen LogP contribution in [0.3, 0.4) is 0 Å². The third-order valence-corrected chi connectivity index (χ3v) is 12.5. The molecule has 7 unspecified atom stereocenters. The number of benzene rings is 4. The number of amides is 6. The number of phenols is 1. The molecular weight excluding hydrogens is 915 g/mol. The lowest BCUT2D eigenvalue weighted by Crippen LogP contribution is -2.61. The first-order valence-electron chi connectivity index (χ1n) is 23.2. The van der Waals surface area contributed by atoms with Crippen molar-refractivity contribution in [1.29, 1.82) is 0 Å². The van der Waals surface area contributed by atoms with Gasteiger partial charge in [0.25, 0.3) is 0 Å². The molecule has 1 aliphatic heterocycles. The van der Waals surface area contributed by atoms with Gasteiger partial charge < -0.3 is 67.6 Å². The normalized spacial score (nSPS) is 16.0. The van der Waals surface area contributed by atoms with Crippen molar-refractivity contribution in [2.24, 2.45) is 5.73 Å². The molecule has 1 fully saturated rings. The number of phenolic OH excluding ortho intramolecular Hbond substituents is 1. The molecule has 0 bridgehead atoms. The van der Waals surface area contributed by atoms with Crippen molar-refractivity contribution in [2.75, 3.05) is 19.8 Å². The lowest BCUT2D eigenvalue weighted by molar-refractivity contribution is -0.149. The molecule has 0 aliphatic carbocycles. The number of aromatic amines is 2. The molecule has 20 nitrogen and oxygen atoms in total. The summed E-state index contributed by atoms with van der Waals surface area (Å²) in [6, 6.07) is 19.4. The minimum absolute atomic E-state index is 0.0347. The molecule has 2 aromatic heterocycles. The van der Waals surface area contributed by atoms with E-state index < -0.39 is 96.9 Å². The number of aliphatic hydroxyl groups is 2. The lowest BCUT2D eigenvalue weighted by Gasteiger charge is -2.29. The van der Waals surface area contributed by atoms with Crippen LogP contribution >= 0.6 is 0 Å². The number of hydrogen-bond donors (Lipinski definition) is 12. The number of carboxylic acids is 1. The van der Waals surface area contributed by atoms with E-state index in [1.165, 1.54) is 17.0 Å². The average molecular weight is 972 g/mol. The van der Waals surface area contributed by atoms with Gasteiger partial charge in [0.05, 0.1) is 13.2 Å². The monoisotopic (exact) mass is 971 g/mol. The number of rotatable bonds is 22. The quantitative estimate of drug-likeness (QED) is 0.0441. The summed E-state index contributed by atoms with van der Waals surface area (Å²) in [7, 11) is 0. The van der Waals surface area contributed by atoms with E-state index in [0.29, 0.717) is 28.7 Å². The zero-order valence-corrected chi connectivity index (χ0v) is 38.5. The fourth-order valence-electron chi connectivity index (χ4n) is 8.72. The van der Waals surface area contributed by atoms with Gasteiger partial charge in [-0.3, -0.25) is 28.8 Å². The highest BCUT2D eigenvalue weighted by Gasteiger charge is 2.39. The van der Waals surface area contributed by atoms with Crippen LogP contribution in [0.4, 0.5) is 0 Å². The van der Waals surface area contributed by atoms with Crippen LogP contribution in [-0.4, -0.2) is 139 Å². The Bertz CT molecular complexity index is 2850. The second kappa shape index (κ2) is 23.5. The summed E-state index contributed by atoms with van der Waals surface area (Å²) in [6.45, 7) is -1.53. The maximum absolute atomic E-state index is 14.5. The number of aliphatic hydroxyl groups excluding tert-OH is 2. The molecule has 0 radical (unpaired) electrons. The van der Waals surface area contributed by atoms with Gasteiger partial charge in [-0.05, 0) is 59.4 Å². The number of H-pyrrole nitrogens is 2. The van der Waals surface area contributed by atoms with Crippen molar-refractivity contribution in [3.8, 4) is 5.75 Å². The van der Waals surface area contributed by atoms with Gasteiger partial charge >= 0.3 is 5.97 Å². The minimum Gasteiger partial charge on any atom is -0.508 e. The van der Waals surface area contributed by atoms with Gasteiger partial charge in [0.15, 0.2) is 0 Å². The van der Waals surface area contributed by atoms with Crippen LogP contribution in [0.25, 0.3) is 21.8 Å². The Morgan fingerprint density at radius 3 is 1.55 bits per heavy atom. The Morgan fingerprint density at radius 1 is 0.563 bits per heavy atom. The number of aromatic hydroxyl groups is 1. The SMILES string of the molecule is NC(CO)C(=O)NC(Cc1c[nH]c2ccccc12)C(=O)NC(Cc1c[nH]c2ccccc12)C(=O)NC(CO)C(=O)NC(Cc1ccccc1)C(=O)NC(Cc1ccc(O)cc1)C(=O)N1CCCC1C(=O)O. The number of aliphatic carboxylic acids is 1. The second-order valence-electron chi connectivity index (χ2n) is 17.5. The largest absolute Gasteiger partial charge is 0.508 e. The minimum atomic E-state index is -1.70. The molecule has 13 N–H and O–H groups in total. The number of nitrogens with one attached hydrogen (secondary N) is 7. The number of carboxylic acid groups (broad SMARTS) is 1. The lowest BCUT2D eigenvalue weighted by atomic mass is 10.0. The Labute approximate surface area is 407 Å². The molecule has 0 saturated carbocycles. The Morgan fingerprint density at radius 2 is 1.01 bits per heavy atom. The zero-order chi connectivity index (χ0) is 50.6. The van der Waals surface area contributed by atoms with Crippen molar-refractivity contribution in [3.63, 3.8) is 0 Å². The third kappa shape index (κ3) is 12.8. The molecule has 7 rings (SSSR count). The Kier molecular flexibility index (Phi) is 16.8. The van der Waals surface area contributed by atoms with Crippen molar-refractivity contribution in [2.45, 2.75) is 80.8 Å². The molecule has 0 spiro atoms. The van der Waals surface area contributed by atoms with Gasteiger partial charge in [0.1, 0.15) is 48.0 Å². The molecule has 6 amide bonds. The first-order valence-corrected chi connectivity index (χ1v) is 23.2. The summed E-state index contributed by atoms with van der Waals surface area (Å²) in [5, 5.41) is 54.8. The van der Waals surface area contributed by atoms with Crippen LogP contribution in [0.2, 0.25) is 0 Å². The van der Waals surface area contributed by atoms with Crippen LogP contribution in [0.15, 0.2) is 116 Å². The summed E-state index contributed by atoms with van der Waals surface area (Å²) < 4.78 is 0. The van der Waals surface area contributed by atoms with Gasteiger partial charge in [-0.25, -0.2) is 4.79 Å². The van der Waals surface area contributed by atoms with Gasteiger partial charge in [0.2, 0.25) is 35.4 Å². The third-order valence-electron chi connectivity index (χ3n) is 12.5. The highest BCUT2D eigenvalue weighted by Crippen LogP contribution is 2.23. The van der Waals surface area contributed by atoms with Crippen LogP contribution in [-0.2, 0) is 59.2 Å². The first kappa shape index (κ1) is 50.8. The molecule has 4 aromatic carbocycles. The van der Waals surface area contributed by atoms with Gasteiger partial charge in [-0.2, -0.15) is 0 Å². The van der Waals surface area contributed by atoms with Crippen molar-refractivity contribution >= 4 is 63.2 Å². The number of fused-ring (bicyclic) bond motifs is 2. The average Bonchev–Trinajstić information content (AvgIpc) is 4.14. The van der Waals surface area contributed by atoms with E-state index >= 15 is 0 Å². The van der Waals surface area contributed by atoms with E-state index in [1.54, 1.807) is 60.9 Å².